The zero-order chi connectivity index (χ0) is 14.6. The SMILES string of the molecule is N/C(C[n+]1ccccc1)=N\S(=O)(=O)c1ccc(Cl)cc1.[Cl-]. The summed E-state index contributed by atoms with van der Waals surface area (Å²) in [4.78, 5) is 0.0583. The molecule has 0 spiro atoms. The Kier molecular flexibility index (Phi) is 6.14. The first-order valence-electron chi connectivity index (χ1n) is 5.76. The second-order valence-electron chi connectivity index (χ2n) is 4.06. The number of pyridine rings is 1. The van der Waals surface area contributed by atoms with Crippen molar-refractivity contribution >= 4 is 27.5 Å². The molecule has 8 heteroatoms. The Morgan fingerprint density at radius 3 is 2.29 bits per heavy atom. The van der Waals surface area contributed by atoms with E-state index in [0.717, 1.165) is 0 Å². The molecular formula is C13H13Cl2N3O2S. The number of benzene rings is 1. The molecule has 0 unspecified atom stereocenters. The van der Waals surface area contributed by atoms with Gasteiger partial charge in [-0.3, -0.25) is 0 Å². The van der Waals surface area contributed by atoms with Gasteiger partial charge in [-0.15, -0.1) is 4.40 Å². The van der Waals surface area contributed by atoms with Crippen LogP contribution in [0.4, 0.5) is 0 Å². The van der Waals surface area contributed by atoms with Crippen LogP contribution in [-0.2, 0) is 16.6 Å². The second-order valence-corrected chi connectivity index (χ2v) is 6.10. The summed E-state index contributed by atoms with van der Waals surface area (Å²) < 4.78 is 29.4. The van der Waals surface area contributed by atoms with Gasteiger partial charge >= 0.3 is 0 Å². The monoisotopic (exact) mass is 345 g/mol. The van der Waals surface area contributed by atoms with E-state index in [0.29, 0.717) is 5.02 Å². The minimum atomic E-state index is -3.81. The molecule has 2 N–H and O–H groups in total. The molecule has 0 saturated heterocycles. The van der Waals surface area contributed by atoms with Crippen molar-refractivity contribution in [3.63, 3.8) is 0 Å². The van der Waals surface area contributed by atoms with E-state index in [1.807, 2.05) is 18.2 Å². The summed E-state index contributed by atoms with van der Waals surface area (Å²) in [6.45, 7) is 0.202. The number of nitrogens with two attached hydrogens (primary N) is 1. The fraction of sp³-hybridized carbons (Fsp3) is 0.0769. The number of nitrogens with zero attached hydrogens (tertiary/aromatic N) is 2. The molecule has 2 rings (SSSR count). The van der Waals surface area contributed by atoms with Gasteiger partial charge in [-0.2, -0.15) is 13.0 Å². The lowest BCUT2D eigenvalue weighted by Gasteiger charge is -2.00. The van der Waals surface area contributed by atoms with Gasteiger partial charge in [0.2, 0.25) is 6.54 Å². The third kappa shape index (κ3) is 5.00. The predicted octanol–water partition coefficient (Wildman–Crippen LogP) is -1.62. The summed E-state index contributed by atoms with van der Waals surface area (Å²) in [5.74, 6) is 0.0103. The first kappa shape index (κ1) is 17.4. The topological polar surface area (TPSA) is 76.4 Å². The van der Waals surface area contributed by atoms with Gasteiger partial charge in [-0.05, 0) is 24.3 Å². The standard InChI is InChI=1S/C13H13ClN3O2S.ClH/c14-11-4-6-12(7-5-11)20(18,19)16-13(15)10-17-8-2-1-3-9-17;/h1-9H,10H2,(H2,15,16);1H/q+1;/p-1. The fourth-order valence-electron chi connectivity index (χ4n) is 1.57. The largest absolute Gasteiger partial charge is 1.00 e. The number of sulfonamides is 1. The summed E-state index contributed by atoms with van der Waals surface area (Å²) in [5.41, 5.74) is 5.68. The number of hydrogen-bond acceptors (Lipinski definition) is 2. The molecule has 1 aromatic heterocycles. The van der Waals surface area contributed by atoms with Crippen LogP contribution < -0.4 is 22.7 Å². The van der Waals surface area contributed by atoms with Crippen LogP contribution in [0.1, 0.15) is 0 Å². The van der Waals surface area contributed by atoms with Crippen LogP contribution in [0.2, 0.25) is 5.02 Å². The van der Waals surface area contributed by atoms with Crippen LogP contribution in [0.3, 0.4) is 0 Å². The van der Waals surface area contributed by atoms with Crippen LogP contribution in [0, 0.1) is 0 Å². The van der Waals surface area contributed by atoms with Crippen LogP contribution in [0.25, 0.3) is 0 Å². The van der Waals surface area contributed by atoms with Gasteiger partial charge in [0.25, 0.3) is 10.0 Å². The summed E-state index contributed by atoms with van der Waals surface area (Å²) in [5, 5.41) is 0.459. The Hall–Kier alpha value is -1.63. The van der Waals surface area contributed by atoms with Gasteiger partial charge in [-0.25, -0.2) is 0 Å². The van der Waals surface area contributed by atoms with E-state index in [-0.39, 0.29) is 29.7 Å². The maximum absolute atomic E-state index is 12.0. The molecule has 1 heterocycles. The number of hydrogen-bond donors (Lipinski definition) is 1. The molecule has 0 aliphatic rings. The fourth-order valence-corrected chi connectivity index (χ4v) is 2.65. The quantitative estimate of drug-likeness (QED) is 0.411. The van der Waals surface area contributed by atoms with Crippen molar-refractivity contribution in [3.05, 3.63) is 59.9 Å². The second kappa shape index (κ2) is 7.40. The maximum atomic E-state index is 12.0. The molecule has 0 atom stereocenters. The molecule has 112 valence electrons. The van der Waals surface area contributed by atoms with E-state index in [9.17, 15) is 8.42 Å². The molecule has 2 aromatic rings. The van der Waals surface area contributed by atoms with Gasteiger partial charge in [0.05, 0.1) is 4.90 Å². The molecule has 21 heavy (non-hydrogen) atoms. The van der Waals surface area contributed by atoms with Crippen LogP contribution >= 0.6 is 11.6 Å². The Balaban J connectivity index is 0.00000220. The molecule has 1 aromatic carbocycles. The Labute approximate surface area is 134 Å². The molecule has 0 radical (unpaired) electrons. The summed E-state index contributed by atoms with van der Waals surface area (Å²) >= 11 is 5.72. The van der Waals surface area contributed by atoms with Crippen molar-refractivity contribution in [2.24, 2.45) is 10.1 Å². The third-order valence-corrected chi connectivity index (χ3v) is 4.07. The van der Waals surface area contributed by atoms with Gasteiger partial charge in [-0.1, -0.05) is 17.7 Å². The highest BCUT2D eigenvalue weighted by Crippen LogP contribution is 2.15. The summed E-state index contributed by atoms with van der Waals surface area (Å²) in [6, 6.07) is 11.3. The van der Waals surface area contributed by atoms with E-state index >= 15 is 0 Å². The maximum Gasteiger partial charge on any atom is 0.284 e. The number of halogens is 2. The van der Waals surface area contributed by atoms with Crippen molar-refractivity contribution in [1.82, 2.24) is 0 Å². The molecule has 5 nitrogen and oxygen atoms in total. The summed E-state index contributed by atoms with van der Waals surface area (Å²) in [6.07, 6.45) is 3.55. The minimum absolute atomic E-state index is 0. The Morgan fingerprint density at radius 1 is 1.14 bits per heavy atom. The Bertz CT molecular complexity index is 717. The van der Waals surface area contributed by atoms with Crippen LogP contribution in [0.15, 0.2) is 64.2 Å². The molecule has 0 amide bonds. The summed E-state index contributed by atoms with van der Waals surface area (Å²) in [7, 11) is -3.81. The van der Waals surface area contributed by atoms with Gasteiger partial charge in [0, 0.05) is 17.2 Å². The van der Waals surface area contributed by atoms with Gasteiger partial charge in [0.1, 0.15) is 0 Å². The normalized spacial score (nSPS) is 11.8. The highest BCUT2D eigenvalue weighted by atomic mass is 35.5. The third-order valence-electron chi connectivity index (χ3n) is 2.47. The van der Waals surface area contributed by atoms with Crippen molar-refractivity contribution in [1.29, 1.82) is 0 Å². The smallest absolute Gasteiger partial charge is 0.284 e. The number of aromatic nitrogens is 1. The molecule has 0 fully saturated rings. The van der Waals surface area contributed by atoms with Crippen LogP contribution in [-0.4, -0.2) is 14.3 Å². The van der Waals surface area contributed by atoms with Crippen molar-refractivity contribution in [3.8, 4) is 0 Å². The molecule has 0 aliphatic heterocycles. The van der Waals surface area contributed by atoms with Gasteiger partial charge in [0.15, 0.2) is 18.2 Å². The average molecular weight is 346 g/mol. The lowest BCUT2D eigenvalue weighted by Crippen LogP contribution is -3.00. The van der Waals surface area contributed by atoms with Crippen molar-refractivity contribution < 1.29 is 25.4 Å². The van der Waals surface area contributed by atoms with E-state index in [2.05, 4.69) is 4.40 Å². The number of amidine groups is 1. The highest BCUT2D eigenvalue weighted by Gasteiger charge is 2.14. The van der Waals surface area contributed by atoms with E-state index in [1.165, 1.54) is 24.3 Å². The lowest BCUT2D eigenvalue weighted by molar-refractivity contribution is -0.682. The van der Waals surface area contributed by atoms with E-state index in [1.54, 1.807) is 17.0 Å². The zero-order valence-corrected chi connectivity index (χ0v) is 13.2. The molecular weight excluding hydrogens is 333 g/mol. The minimum Gasteiger partial charge on any atom is -1.00 e. The zero-order valence-electron chi connectivity index (χ0n) is 10.9. The average Bonchev–Trinajstić information content (AvgIpc) is 2.39. The van der Waals surface area contributed by atoms with E-state index in [4.69, 9.17) is 17.3 Å². The van der Waals surface area contributed by atoms with Crippen molar-refractivity contribution in [2.45, 2.75) is 11.4 Å². The molecule has 0 saturated carbocycles. The first-order valence-corrected chi connectivity index (χ1v) is 7.58. The van der Waals surface area contributed by atoms with Crippen LogP contribution in [0.5, 0.6) is 0 Å². The van der Waals surface area contributed by atoms with E-state index < -0.39 is 10.0 Å². The predicted molar refractivity (Wildman–Crippen MR) is 76.9 cm³/mol. The Morgan fingerprint density at radius 2 is 1.71 bits per heavy atom. The van der Waals surface area contributed by atoms with Gasteiger partial charge < -0.3 is 18.1 Å². The molecule has 0 bridgehead atoms. The highest BCUT2D eigenvalue weighted by molar-refractivity contribution is 7.90. The molecule has 0 aliphatic carbocycles. The lowest BCUT2D eigenvalue weighted by atomic mass is 10.4. The van der Waals surface area contributed by atoms with Crippen molar-refractivity contribution in [2.75, 3.05) is 0 Å². The number of rotatable bonds is 4. The first-order chi connectivity index (χ1) is 9.47.